The number of carbonyl (C=O) groups is 3. The second-order valence-corrected chi connectivity index (χ2v) is 12.4. The summed E-state index contributed by atoms with van der Waals surface area (Å²) in [6.07, 6.45) is 12.3. The van der Waals surface area contributed by atoms with Crippen molar-refractivity contribution in [3.63, 3.8) is 0 Å². The second-order valence-electron chi connectivity index (χ2n) is 11.6. The molecule has 1 amide bonds. The zero-order valence-corrected chi connectivity index (χ0v) is 29.3. The van der Waals surface area contributed by atoms with Crippen molar-refractivity contribution in [2.24, 2.45) is 0 Å². The maximum Gasteiger partial charge on any atom is 0.332 e. The van der Waals surface area contributed by atoms with Crippen LogP contribution in [0.4, 0.5) is 5.69 Å². The summed E-state index contributed by atoms with van der Waals surface area (Å²) in [5, 5.41) is 2.81. The van der Waals surface area contributed by atoms with Crippen molar-refractivity contribution >= 4 is 46.7 Å². The van der Waals surface area contributed by atoms with E-state index in [2.05, 4.69) is 17.1 Å². The minimum Gasteiger partial charge on any atom is -0.464 e. The molecule has 0 radical (unpaired) electrons. The Labute approximate surface area is 286 Å². The lowest BCUT2D eigenvalue weighted by atomic mass is 10.0. The van der Waals surface area contributed by atoms with Crippen molar-refractivity contribution in [2.75, 3.05) is 36.4 Å². The van der Waals surface area contributed by atoms with E-state index in [4.69, 9.17) is 32.7 Å². The third-order valence-electron chi connectivity index (χ3n) is 7.91. The number of anilines is 1. The number of nitrogens with one attached hydrogen (secondary N) is 1. The molecule has 7 nitrogen and oxygen atoms in total. The van der Waals surface area contributed by atoms with Crippen LogP contribution in [0.25, 0.3) is 0 Å². The summed E-state index contributed by atoms with van der Waals surface area (Å²) in [6.45, 7) is 5.38. The molecule has 2 unspecified atom stereocenters. The standard InChI is InChI=1S/C37H54Cl2N2O5/c1-3-5-6-7-8-9-10-11-12-13-17-20-34(43)46-36(31-18-15-14-16-19-31)35(37(44)45-4-2)40-33(42)29-30-21-23-32(24-22-30)41(27-25-38)28-26-39/h14-16,18-19,21-24,35-36H,3-13,17,20,25-29H2,1-2H3,(H,40,42). The number of hydrogen-bond donors (Lipinski definition) is 1. The molecule has 46 heavy (non-hydrogen) atoms. The normalized spacial score (nSPS) is 12.3. The van der Waals surface area contributed by atoms with Crippen molar-refractivity contribution in [2.45, 2.75) is 109 Å². The Kier molecular flexibility index (Phi) is 20.9. The van der Waals surface area contributed by atoms with Crippen LogP contribution in [0.1, 0.15) is 108 Å². The Morgan fingerprint density at radius 3 is 1.87 bits per heavy atom. The molecule has 0 aliphatic carbocycles. The Balaban J connectivity index is 2.00. The summed E-state index contributed by atoms with van der Waals surface area (Å²) in [5.74, 6) is -0.486. The first-order valence-electron chi connectivity index (χ1n) is 17.1. The van der Waals surface area contributed by atoms with Crippen molar-refractivity contribution in [1.29, 1.82) is 0 Å². The molecular formula is C37H54Cl2N2O5. The number of ether oxygens (including phenoxy) is 2. The topological polar surface area (TPSA) is 84.9 Å². The van der Waals surface area contributed by atoms with Crippen molar-refractivity contribution in [3.05, 3.63) is 65.7 Å². The SMILES string of the molecule is CCCCCCCCCCCCCC(=O)OC(c1ccccc1)C(NC(=O)Cc1ccc(N(CCCl)CCCl)cc1)C(=O)OCC. The third kappa shape index (κ3) is 15.7. The predicted octanol–water partition coefficient (Wildman–Crippen LogP) is 8.55. The number of halogens is 2. The van der Waals surface area contributed by atoms with E-state index in [1.54, 1.807) is 19.1 Å². The first kappa shape index (κ1) is 39.4. The Bertz CT molecular complexity index is 1110. The number of amides is 1. The van der Waals surface area contributed by atoms with Gasteiger partial charge in [0.25, 0.3) is 0 Å². The minimum absolute atomic E-state index is 0.0371. The molecule has 2 aromatic carbocycles. The number of carbonyl (C=O) groups excluding carboxylic acids is 3. The summed E-state index contributed by atoms with van der Waals surface area (Å²) < 4.78 is 11.2. The summed E-state index contributed by atoms with van der Waals surface area (Å²) >= 11 is 11.9. The molecule has 0 aromatic heterocycles. The molecule has 0 saturated carbocycles. The number of hydrogen-bond acceptors (Lipinski definition) is 6. The van der Waals surface area contributed by atoms with Gasteiger partial charge >= 0.3 is 11.9 Å². The fourth-order valence-electron chi connectivity index (χ4n) is 5.40. The van der Waals surface area contributed by atoms with Crippen LogP contribution in [0.2, 0.25) is 0 Å². The molecule has 2 atom stereocenters. The van der Waals surface area contributed by atoms with E-state index in [1.807, 2.05) is 42.5 Å². The van der Waals surface area contributed by atoms with Crippen LogP contribution in [0.3, 0.4) is 0 Å². The molecule has 9 heteroatoms. The Morgan fingerprint density at radius 1 is 0.761 bits per heavy atom. The van der Waals surface area contributed by atoms with Crippen LogP contribution in [0.5, 0.6) is 0 Å². The largest absolute Gasteiger partial charge is 0.464 e. The summed E-state index contributed by atoms with van der Waals surface area (Å²) in [5.41, 5.74) is 2.34. The van der Waals surface area contributed by atoms with Crippen LogP contribution < -0.4 is 10.2 Å². The molecule has 0 aliphatic heterocycles. The van der Waals surface area contributed by atoms with Crippen molar-refractivity contribution in [1.82, 2.24) is 5.32 Å². The minimum atomic E-state index is -1.20. The zero-order valence-electron chi connectivity index (χ0n) is 27.8. The lowest BCUT2D eigenvalue weighted by molar-refractivity contribution is -0.160. The highest BCUT2D eigenvalue weighted by Gasteiger charge is 2.35. The number of alkyl halides is 2. The molecule has 2 aromatic rings. The fourth-order valence-corrected chi connectivity index (χ4v) is 5.81. The average molecular weight is 678 g/mol. The number of rotatable bonds is 25. The number of unbranched alkanes of at least 4 members (excludes halogenated alkanes) is 10. The van der Waals surface area contributed by atoms with E-state index in [0.717, 1.165) is 30.5 Å². The van der Waals surface area contributed by atoms with Gasteiger partial charge in [-0.05, 0) is 36.6 Å². The fraction of sp³-hybridized carbons (Fsp3) is 0.595. The molecular weight excluding hydrogens is 623 g/mol. The monoisotopic (exact) mass is 676 g/mol. The van der Waals surface area contributed by atoms with Gasteiger partial charge < -0.3 is 19.7 Å². The van der Waals surface area contributed by atoms with Gasteiger partial charge in [-0.3, -0.25) is 9.59 Å². The lowest BCUT2D eigenvalue weighted by Gasteiger charge is -2.27. The van der Waals surface area contributed by atoms with E-state index in [9.17, 15) is 14.4 Å². The summed E-state index contributed by atoms with van der Waals surface area (Å²) in [6, 6.07) is 15.4. The van der Waals surface area contributed by atoms with E-state index in [-0.39, 0.29) is 25.4 Å². The van der Waals surface area contributed by atoms with Crippen molar-refractivity contribution < 1.29 is 23.9 Å². The molecule has 0 fully saturated rings. The van der Waals surface area contributed by atoms with Crippen LogP contribution in [-0.4, -0.2) is 55.3 Å². The smallest absolute Gasteiger partial charge is 0.332 e. The first-order valence-corrected chi connectivity index (χ1v) is 18.2. The van der Waals surface area contributed by atoms with Gasteiger partial charge in [0.05, 0.1) is 13.0 Å². The Hall–Kier alpha value is -2.77. The van der Waals surface area contributed by atoms with E-state index >= 15 is 0 Å². The van der Waals surface area contributed by atoms with Gasteiger partial charge in [0.15, 0.2) is 12.1 Å². The van der Waals surface area contributed by atoms with Gasteiger partial charge in [-0.25, -0.2) is 4.79 Å². The van der Waals surface area contributed by atoms with E-state index < -0.39 is 24.1 Å². The number of nitrogens with zero attached hydrogens (tertiary/aromatic N) is 1. The third-order valence-corrected chi connectivity index (χ3v) is 8.24. The Morgan fingerprint density at radius 2 is 1.33 bits per heavy atom. The lowest BCUT2D eigenvalue weighted by Crippen LogP contribution is -2.47. The van der Waals surface area contributed by atoms with Gasteiger partial charge in [-0.15, -0.1) is 23.2 Å². The zero-order chi connectivity index (χ0) is 33.4. The highest BCUT2D eigenvalue weighted by molar-refractivity contribution is 6.18. The first-order chi connectivity index (χ1) is 22.4. The molecule has 0 aliphatic rings. The molecule has 0 heterocycles. The second kappa shape index (κ2) is 24.4. The van der Waals surface area contributed by atoms with Gasteiger partial charge in [0.2, 0.25) is 5.91 Å². The highest BCUT2D eigenvalue weighted by Crippen LogP contribution is 2.25. The predicted molar refractivity (Wildman–Crippen MR) is 189 cm³/mol. The molecule has 0 saturated heterocycles. The van der Waals surface area contributed by atoms with Gasteiger partial charge in [-0.2, -0.15) is 0 Å². The quantitative estimate of drug-likeness (QED) is 0.0644. The number of esters is 2. The maximum absolute atomic E-state index is 13.3. The van der Waals surface area contributed by atoms with Crippen LogP contribution in [0, 0.1) is 0 Å². The van der Waals surface area contributed by atoms with Crippen LogP contribution >= 0.6 is 23.2 Å². The molecule has 2 rings (SSSR count). The van der Waals surface area contributed by atoms with Gasteiger partial charge in [0.1, 0.15) is 0 Å². The average Bonchev–Trinajstić information content (AvgIpc) is 3.06. The molecule has 0 bridgehead atoms. The van der Waals surface area contributed by atoms with E-state index in [1.165, 1.54) is 51.4 Å². The molecule has 1 N–H and O–H groups in total. The summed E-state index contributed by atoms with van der Waals surface area (Å²) in [7, 11) is 0. The van der Waals surface area contributed by atoms with Crippen LogP contribution in [-0.2, 0) is 30.3 Å². The van der Waals surface area contributed by atoms with Gasteiger partial charge in [-0.1, -0.05) is 114 Å². The summed E-state index contributed by atoms with van der Waals surface area (Å²) in [4.78, 5) is 41.5. The van der Waals surface area contributed by atoms with E-state index in [0.29, 0.717) is 30.4 Å². The maximum atomic E-state index is 13.3. The highest BCUT2D eigenvalue weighted by atomic mass is 35.5. The molecule has 0 spiro atoms. The molecule has 256 valence electrons. The van der Waals surface area contributed by atoms with Gasteiger partial charge in [0, 0.05) is 37.0 Å². The van der Waals surface area contributed by atoms with Crippen LogP contribution in [0.15, 0.2) is 54.6 Å². The number of benzene rings is 2. The van der Waals surface area contributed by atoms with Crippen molar-refractivity contribution in [3.8, 4) is 0 Å².